The quantitative estimate of drug-likeness (QED) is 0.201. The summed E-state index contributed by atoms with van der Waals surface area (Å²) in [5.74, 6) is -4.07. The number of nitrogens with two attached hydrogens (primary N) is 1. The molecule has 0 spiro atoms. The molecule has 1 aromatic rings. The molecule has 2 rings (SSSR count). The Morgan fingerprint density at radius 1 is 1.07 bits per heavy atom. The standard InChI is InChI=1S/C24H38N8O6S2/c1-11(2)17-23(38)32-18(19(25)34)24(5,6)40-39-9-16(29-13(4)33)22(37)30-15(7-14-8-26-10-27-14)21(36)28-12(3)20(35)31-17/h8,10-12,15-18H,7,9H2,1-6H3,(H2,25,34)(H,26,27)(H,28,36)(H,29,33)(H,30,37)(H,31,35)(H,32,38)/t12?,15?,16-,17?,18+/m0/s1. The van der Waals surface area contributed by atoms with E-state index in [4.69, 9.17) is 5.73 Å². The van der Waals surface area contributed by atoms with Crippen LogP contribution in [0, 0.1) is 5.92 Å². The summed E-state index contributed by atoms with van der Waals surface area (Å²) in [5, 5.41) is 13.1. The van der Waals surface area contributed by atoms with E-state index in [1.165, 1.54) is 48.0 Å². The number of imidazole rings is 1. The third-order valence-electron chi connectivity index (χ3n) is 6.08. The Hall–Kier alpha value is -3.27. The van der Waals surface area contributed by atoms with Crippen molar-refractivity contribution < 1.29 is 28.8 Å². The van der Waals surface area contributed by atoms with Crippen LogP contribution in [-0.4, -0.2) is 86.1 Å². The molecule has 40 heavy (non-hydrogen) atoms. The molecule has 1 aromatic heterocycles. The second-order valence-electron chi connectivity index (χ2n) is 10.4. The van der Waals surface area contributed by atoms with Gasteiger partial charge in [-0.1, -0.05) is 35.4 Å². The summed E-state index contributed by atoms with van der Waals surface area (Å²) < 4.78 is -0.948. The second-order valence-corrected chi connectivity index (χ2v) is 13.4. The van der Waals surface area contributed by atoms with Crippen LogP contribution in [-0.2, 0) is 35.2 Å². The highest BCUT2D eigenvalue weighted by Crippen LogP contribution is 2.38. The zero-order valence-corrected chi connectivity index (χ0v) is 25.0. The lowest BCUT2D eigenvalue weighted by Gasteiger charge is -2.33. The Morgan fingerprint density at radius 3 is 2.30 bits per heavy atom. The van der Waals surface area contributed by atoms with E-state index in [1.54, 1.807) is 27.7 Å². The van der Waals surface area contributed by atoms with Crippen molar-refractivity contribution in [1.29, 1.82) is 0 Å². The normalized spacial score (nSPS) is 27.0. The van der Waals surface area contributed by atoms with Gasteiger partial charge in [0.05, 0.1) is 6.33 Å². The Kier molecular flexibility index (Phi) is 11.8. The van der Waals surface area contributed by atoms with E-state index in [1.807, 2.05) is 0 Å². The van der Waals surface area contributed by atoms with Crippen molar-refractivity contribution in [1.82, 2.24) is 36.6 Å². The molecule has 2 heterocycles. The number of amides is 6. The predicted molar refractivity (Wildman–Crippen MR) is 151 cm³/mol. The van der Waals surface area contributed by atoms with Crippen molar-refractivity contribution in [3.63, 3.8) is 0 Å². The van der Waals surface area contributed by atoms with Crippen molar-refractivity contribution in [3.05, 3.63) is 18.2 Å². The largest absolute Gasteiger partial charge is 0.368 e. The Balaban J connectivity index is 2.46. The molecule has 14 nitrogen and oxygen atoms in total. The molecular weight excluding hydrogens is 560 g/mol. The molecule has 6 amide bonds. The van der Waals surface area contributed by atoms with Crippen LogP contribution < -0.4 is 32.3 Å². The molecule has 3 unspecified atom stereocenters. The summed E-state index contributed by atoms with van der Waals surface area (Å²) >= 11 is 0. The van der Waals surface area contributed by atoms with Crippen molar-refractivity contribution in [3.8, 4) is 0 Å². The van der Waals surface area contributed by atoms with Crippen LogP contribution in [0.15, 0.2) is 12.5 Å². The Labute approximate surface area is 240 Å². The fraction of sp³-hybridized carbons (Fsp3) is 0.625. The smallest absolute Gasteiger partial charge is 0.244 e. The molecule has 1 aliphatic heterocycles. The topological polar surface area (TPSA) is 217 Å². The molecule has 222 valence electrons. The number of carbonyl (C=O) groups excluding carboxylic acids is 6. The first-order valence-electron chi connectivity index (χ1n) is 12.7. The molecule has 0 aliphatic carbocycles. The predicted octanol–water partition coefficient (Wildman–Crippen LogP) is -1.27. The van der Waals surface area contributed by atoms with E-state index in [9.17, 15) is 28.8 Å². The van der Waals surface area contributed by atoms with Crippen LogP contribution in [0.3, 0.4) is 0 Å². The minimum atomic E-state index is -1.13. The molecule has 8 N–H and O–H groups in total. The van der Waals surface area contributed by atoms with Gasteiger partial charge in [0.2, 0.25) is 35.4 Å². The molecule has 0 saturated carbocycles. The highest BCUT2D eigenvalue weighted by atomic mass is 33.1. The fourth-order valence-electron chi connectivity index (χ4n) is 3.84. The number of aromatic nitrogens is 2. The third kappa shape index (κ3) is 9.43. The minimum Gasteiger partial charge on any atom is -0.368 e. The van der Waals surface area contributed by atoms with Crippen molar-refractivity contribution in [2.45, 2.75) is 82.9 Å². The summed E-state index contributed by atoms with van der Waals surface area (Å²) in [7, 11) is 2.38. The number of rotatable bonds is 5. The van der Waals surface area contributed by atoms with Crippen molar-refractivity contribution in [2.24, 2.45) is 11.7 Å². The first kappa shape index (κ1) is 32.9. The van der Waals surface area contributed by atoms with Gasteiger partial charge in [-0.3, -0.25) is 28.8 Å². The molecule has 0 bridgehead atoms. The van der Waals surface area contributed by atoms with Gasteiger partial charge in [-0.05, 0) is 26.7 Å². The highest BCUT2D eigenvalue weighted by Gasteiger charge is 2.39. The zero-order chi connectivity index (χ0) is 30.2. The van der Waals surface area contributed by atoms with Gasteiger partial charge in [0, 0.05) is 35.7 Å². The fourth-order valence-corrected chi connectivity index (χ4v) is 6.67. The maximum atomic E-state index is 13.3. The van der Waals surface area contributed by atoms with Crippen LogP contribution in [0.4, 0.5) is 0 Å². The lowest BCUT2D eigenvalue weighted by atomic mass is 9.99. The summed E-state index contributed by atoms with van der Waals surface area (Å²) in [6.07, 6.45) is 2.96. The number of hydrogen-bond acceptors (Lipinski definition) is 9. The highest BCUT2D eigenvalue weighted by molar-refractivity contribution is 8.77. The molecule has 16 heteroatoms. The molecule has 5 atom stereocenters. The Morgan fingerprint density at radius 2 is 1.75 bits per heavy atom. The van der Waals surface area contributed by atoms with Gasteiger partial charge in [-0.2, -0.15) is 0 Å². The van der Waals surface area contributed by atoms with E-state index in [0.29, 0.717) is 5.69 Å². The average Bonchev–Trinajstić information content (AvgIpc) is 3.36. The lowest BCUT2D eigenvalue weighted by Crippen LogP contribution is -2.61. The van der Waals surface area contributed by atoms with Gasteiger partial charge in [0.25, 0.3) is 0 Å². The van der Waals surface area contributed by atoms with Gasteiger partial charge in [0.15, 0.2) is 0 Å². The van der Waals surface area contributed by atoms with Gasteiger partial charge in [-0.25, -0.2) is 4.98 Å². The van der Waals surface area contributed by atoms with Gasteiger partial charge in [0.1, 0.15) is 30.2 Å². The molecule has 0 aromatic carbocycles. The molecular formula is C24H38N8O6S2. The van der Waals surface area contributed by atoms with E-state index < -0.39 is 70.4 Å². The number of nitrogens with one attached hydrogen (secondary N) is 6. The third-order valence-corrected chi connectivity index (χ3v) is 9.38. The zero-order valence-electron chi connectivity index (χ0n) is 23.3. The van der Waals surface area contributed by atoms with Crippen LogP contribution in [0.5, 0.6) is 0 Å². The van der Waals surface area contributed by atoms with Crippen LogP contribution >= 0.6 is 21.6 Å². The van der Waals surface area contributed by atoms with Gasteiger partial charge < -0.3 is 37.3 Å². The number of nitrogens with zero attached hydrogens (tertiary/aromatic N) is 1. The van der Waals surface area contributed by atoms with E-state index in [-0.39, 0.29) is 18.1 Å². The maximum Gasteiger partial charge on any atom is 0.244 e. The summed E-state index contributed by atoms with van der Waals surface area (Å²) in [4.78, 5) is 83.8. The minimum absolute atomic E-state index is 0.0327. The number of carbonyl (C=O) groups is 6. The molecule has 1 saturated heterocycles. The number of H-pyrrole nitrogens is 1. The van der Waals surface area contributed by atoms with E-state index in [0.717, 1.165) is 0 Å². The van der Waals surface area contributed by atoms with Crippen LogP contribution in [0.25, 0.3) is 0 Å². The molecule has 1 aliphatic rings. The van der Waals surface area contributed by atoms with E-state index >= 15 is 0 Å². The molecule has 0 radical (unpaired) electrons. The average molecular weight is 599 g/mol. The van der Waals surface area contributed by atoms with Crippen molar-refractivity contribution in [2.75, 3.05) is 5.75 Å². The van der Waals surface area contributed by atoms with Crippen LogP contribution in [0.1, 0.15) is 47.2 Å². The first-order chi connectivity index (χ1) is 18.6. The van der Waals surface area contributed by atoms with E-state index in [2.05, 4.69) is 36.6 Å². The summed E-state index contributed by atoms with van der Waals surface area (Å²) in [6.45, 7) is 9.56. The maximum absolute atomic E-state index is 13.3. The first-order valence-corrected chi connectivity index (χ1v) is 15.0. The Bertz CT molecular complexity index is 1100. The van der Waals surface area contributed by atoms with Gasteiger partial charge in [-0.15, -0.1) is 0 Å². The molecule has 1 fully saturated rings. The number of primary amides is 1. The SMILES string of the molecule is CC(=O)N[C@H]1CSSC(C)(C)[C@@H](C(N)=O)NC(=O)C(C(C)C)NC(=O)C(C)NC(=O)C(Cc2cnc[nH]2)NC1=O. The van der Waals surface area contributed by atoms with Crippen LogP contribution in [0.2, 0.25) is 0 Å². The van der Waals surface area contributed by atoms with Gasteiger partial charge >= 0.3 is 0 Å². The lowest BCUT2D eigenvalue weighted by molar-refractivity contribution is -0.135. The second kappa shape index (κ2) is 14.4. The number of aromatic amines is 1. The summed E-state index contributed by atoms with van der Waals surface area (Å²) in [5.41, 5.74) is 6.20. The van der Waals surface area contributed by atoms with Crippen molar-refractivity contribution >= 4 is 57.0 Å². The monoisotopic (exact) mass is 598 g/mol. The number of hydrogen-bond donors (Lipinski definition) is 7. The summed E-state index contributed by atoms with van der Waals surface area (Å²) in [6, 6.07) is -5.39.